The number of aromatic nitrogens is 3. The second-order valence-electron chi connectivity index (χ2n) is 6.23. The minimum absolute atomic E-state index is 0.279. The van der Waals surface area contributed by atoms with E-state index in [1.54, 1.807) is 38.1 Å². The molecule has 0 aliphatic carbocycles. The molecule has 0 aliphatic heterocycles. The SMILES string of the molecule is CSCC[C@H](NC(=O)[C@H](C(C)C)n1nnc2ccccc2c1=O)C(=O)O. The molecule has 0 radical (unpaired) electrons. The van der Waals surface area contributed by atoms with Crippen molar-refractivity contribution in [2.24, 2.45) is 5.92 Å². The summed E-state index contributed by atoms with van der Waals surface area (Å²) in [6, 6.07) is 4.79. The topological polar surface area (TPSA) is 114 Å². The van der Waals surface area contributed by atoms with E-state index in [0.29, 0.717) is 23.1 Å². The molecule has 0 bridgehead atoms. The Morgan fingerprint density at radius 2 is 2.00 bits per heavy atom. The number of hydrogen-bond acceptors (Lipinski definition) is 6. The summed E-state index contributed by atoms with van der Waals surface area (Å²) in [6.07, 6.45) is 2.16. The van der Waals surface area contributed by atoms with Crippen LogP contribution >= 0.6 is 11.8 Å². The molecule has 2 rings (SSSR count). The molecule has 26 heavy (non-hydrogen) atoms. The predicted molar refractivity (Wildman–Crippen MR) is 100 cm³/mol. The van der Waals surface area contributed by atoms with E-state index in [2.05, 4.69) is 15.6 Å². The van der Waals surface area contributed by atoms with Crippen LogP contribution in [0.5, 0.6) is 0 Å². The Kier molecular flexibility index (Phi) is 6.73. The molecule has 1 amide bonds. The lowest BCUT2D eigenvalue weighted by Gasteiger charge is -2.23. The van der Waals surface area contributed by atoms with Crippen LogP contribution in [0, 0.1) is 5.92 Å². The second kappa shape index (κ2) is 8.79. The summed E-state index contributed by atoms with van der Waals surface area (Å²) in [7, 11) is 0. The van der Waals surface area contributed by atoms with Gasteiger partial charge in [0.15, 0.2) is 0 Å². The maximum Gasteiger partial charge on any atom is 0.326 e. The van der Waals surface area contributed by atoms with Crippen LogP contribution in [0.3, 0.4) is 0 Å². The van der Waals surface area contributed by atoms with Crippen LogP contribution in [0.1, 0.15) is 26.3 Å². The number of aliphatic carboxylic acids is 1. The van der Waals surface area contributed by atoms with E-state index >= 15 is 0 Å². The van der Waals surface area contributed by atoms with Gasteiger partial charge in [-0.25, -0.2) is 4.79 Å². The number of nitrogens with zero attached hydrogens (tertiary/aromatic N) is 3. The molecule has 1 aromatic carbocycles. The first-order valence-corrected chi connectivity index (χ1v) is 9.62. The van der Waals surface area contributed by atoms with Gasteiger partial charge in [0, 0.05) is 0 Å². The predicted octanol–water partition coefficient (Wildman–Crippen LogP) is 1.31. The van der Waals surface area contributed by atoms with E-state index in [4.69, 9.17) is 0 Å². The molecule has 140 valence electrons. The van der Waals surface area contributed by atoms with Gasteiger partial charge < -0.3 is 10.4 Å². The minimum Gasteiger partial charge on any atom is -0.480 e. The van der Waals surface area contributed by atoms with Crippen LogP contribution in [0.15, 0.2) is 29.1 Å². The molecule has 0 saturated carbocycles. The maximum atomic E-state index is 12.7. The highest BCUT2D eigenvalue weighted by Crippen LogP contribution is 2.17. The van der Waals surface area contributed by atoms with Crippen LogP contribution in [-0.2, 0) is 9.59 Å². The maximum absolute atomic E-state index is 12.7. The van der Waals surface area contributed by atoms with Gasteiger partial charge in [0.05, 0.1) is 5.39 Å². The molecule has 0 saturated heterocycles. The fourth-order valence-electron chi connectivity index (χ4n) is 2.63. The van der Waals surface area contributed by atoms with Gasteiger partial charge in [-0.3, -0.25) is 9.59 Å². The van der Waals surface area contributed by atoms with Crippen molar-refractivity contribution >= 4 is 34.5 Å². The first kappa shape index (κ1) is 19.9. The van der Waals surface area contributed by atoms with Gasteiger partial charge in [0.25, 0.3) is 5.56 Å². The number of hydrogen-bond donors (Lipinski definition) is 2. The summed E-state index contributed by atoms with van der Waals surface area (Å²) in [5.41, 5.74) is 0.0143. The molecular formula is C17H22N4O4S. The van der Waals surface area contributed by atoms with E-state index in [1.807, 2.05) is 6.26 Å². The molecule has 8 nitrogen and oxygen atoms in total. The summed E-state index contributed by atoms with van der Waals surface area (Å²) >= 11 is 1.50. The van der Waals surface area contributed by atoms with Crippen molar-refractivity contribution < 1.29 is 14.7 Å². The normalized spacial score (nSPS) is 13.5. The van der Waals surface area contributed by atoms with Crippen molar-refractivity contribution in [3.63, 3.8) is 0 Å². The first-order chi connectivity index (χ1) is 12.4. The fourth-order valence-corrected chi connectivity index (χ4v) is 3.10. The van der Waals surface area contributed by atoms with Crippen molar-refractivity contribution in [3.05, 3.63) is 34.6 Å². The van der Waals surface area contributed by atoms with E-state index in [9.17, 15) is 19.5 Å². The number of nitrogens with one attached hydrogen (secondary N) is 1. The monoisotopic (exact) mass is 378 g/mol. The Morgan fingerprint density at radius 3 is 2.62 bits per heavy atom. The highest BCUT2D eigenvalue weighted by atomic mass is 32.2. The zero-order valence-electron chi connectivity index (χ0n) is 14.9. The molecule has 2 aromatic rings. The van der Waals surface area contributed by atoms with Crippen molar-refractivity contribution in [3.8, 4) is 0 Å². The largest absolute Gasteiger partial charge is 0.480 e. The number of carbonyl (C=O) groups excluding carboxylic acids is 1. The second-order valence-corrected chi connectivity index (χ2v) is 7.21. The summed E-state index contributed by atoms with van der Waals surface area (Å²) in [6.45, 7) is 3.54. The van der Waals surface area contributed by atoms with Crippen molar-refractivity contribution in [1.82, 2.24) is 20.3 Å². The quantitative estimate of drug-likeness (QED) is 0.712. The first-order valence-electron chi connectivity index (χ1n) is 8.23. The Bertz CT molecular complexity index is 852. The Balaban J connectivity index is 2.36. The number of carboxylic acid groups (broad SMARTS) is 1. The van der Waals surface area contributed by atoms with Gasteiger partial charge in [0.2, 0.25) is 5.91 Å². The highest BCUT2D eigenvalue weighted by molar-refractivity contribution is 7.98. The van der Waals surface area contributed by atoms with Crippen molar-refractivity contribution in [2.75, 3.05) is 12.0 Å². The van der Waals surface area contributed by atoms with E-state index < -0.39 is 29.5 Å². The molecule has 0 spiro atoms. The third-order valence-corrected chi connectivity index (χ3v) is 4.62. The molecule has 2 atom stereocenters. The lowest BCUT2D eigenvalue weighted by molar-refractivity contribution is -0.142. The fraction of sp³-hybridized carbons (Fsp3) is 0.471. The summed E-state index contributed by atoms with van der Waals surface area (Å²) in [5.74, 6) is -1.34. The molecular weight excluding hydrogens is 356 g/mol. The van der Waals surface area contributed by atoms with Gasteiger partial charge in [-0.15, -0.1) is 5.10 Å². The Labute approximate surface area is 155 Å². The van der Waals surface area contributed by atoms with Gasteiger partial charge in [-0.2, -0.15) is 16.4 Å². The molecule has 2 N–H and O–H groups in total. The van der Waals surface area contributed by atoms with Gasteiger partial charge >= 0.3 is 5.97 Å². The average Bonchev–Trinajstić information content (AvgIpc) is 2.60. The number of amides is 1. The van der Waals surface area contributed by atoms with Gasteiger partial charge in [-0.1, -0.05) is 31.2 Å². The number of carboxylic acids is 1. The Morgan fingerprint density at radius 1 is 1.31 bits per heavy atom. The number of fused-ring (bicyclic) bond motifs is 1. The molecule has 1 heterocycles. The summed E-state index contributed by atoms with van der Waals surface area (Å²) < 4.78 is 1.04. The standard InChI is InChI=1S/C17H22N4O4S/c1-10(2)14(15(22)18-13(17(24)25)8-9-26-3)21-16(23)11-6-4-5-7-12(11)19-20-21/h4-7,10,13-14H,8-9H2,1-3H3,(H,18,22)(H,24,25)/t13-,14-/m0/s1. The van der Waals surface area contributed by atoms with Gasteiger partial charge in [-0.05, 0) is 36.5 Å². The molecule has 1 aromatic heterocycles. The zero-order chi connectivity index (χ0) is 19.3. The summed E-state index contributed by atoms with van der Waals surface area (Å²) in [4.78, 5) is 36.9. The number of benzene rings is 1. The third kappa shape index (κ3) is 4.40. The summed E-state index contributed by atoms with van der Waals surface area (Å²) in [5, 5.41) is 20.1. The van der Waals surface area contributed by atoms with E-state index in [0.717, 1.165) is 4.68 Å². The van der Waals surface area contributed by atoms with Crippen LogP contribution in [0.25, 0.3) is 10.9 Å². The van der Waals surface area contributed by atoms with Crippen LogP contribution in [0.2, 0.25) is 0 Å². The lowest BCUT2D eigenvalue weighted by atomic mass is 10.0. The smallest absolute Gasteiger partial charge is 0.326 e. The molecule has 0 fully saturated rings. The van der Waals surface area contributed by atoms with E-state index in [-0.39, 0.29) is 5.92 Å². The lowest BCUT2D eigenvalue weighted by Crippen LogP contribution is -2.48. The van der Waals surface area contributed by atoms with E-state index in [1.165, 1.54) is 11.8 Å². The Hall–Kier alpha value is -2.42. The van der Waals surface area contributed by atoms with Gasteiger partial charge in [0.1, 0.15) is 17.6 Å². The molecule has 9 heteroatoms. The van der Waals surface area contributed by atoms with Crippen molar-refractivity contribution in [1.29, 1.82) is 0 Å². The van der Waals surface area contributed by atoms with Crippen LogP contribution in [-0.4, -0.2) is 50.0 Å². The number of rotatable bonds is 8. The molecule has 0 aliphatic rings. The third-order valence-electron chi connectivity index (χ3n) is 3.98. The van der Waals surface area contributed by atoms with Crippen LogP contribution < -0.4 is 10.9 Å². The van der Waals surface area contributed by atoms with Crippen molar-refractivity contribution in [2.45, 2.75) is 32.4 Å². The zero-order valence-corrected chi connectivity index (χ0v) is 15.7. The number of carbonyl (C=O) groups is 2. The average molecular weight is 378 g/mol. The van der Waals surface area contributed by atoms with Crippen LogP contribution in [0.4, 0.5) is 0 Å². The highest BCUT2D eigenvalue weighted by Gasteiger charge is 2.30. The minimum atomic E-state index is -1.10. The molecule has 0 unspecified atom stereocenters. The number of thioether (sulfide) groups is 1.